The Bertz CT molecular complexity index is 1840. The Morgan fingerprint density at radius 2 is 1.79 bits per heavy atom. The van der Waals surface area contributed by atoms with Gasteiger partial charge in [-0.1, -0.05) is 19.1 Å². The maximum Gasteiger partial charge on any atom is 0.251 e. The largest absolute Gasteiger partial charge is 0.491 e. The number of hydrogen-bond donors (Lipinski definition) is 1. The van der Waals surface area contributed by atoms with Crippen molar-refractivity contribution in [3.63, 3.8) is 0 Å². The van der Waals surface area contributed by atoms with Gasteiger partial charge in [-0.25, -0.2) is 8.42 Å². The normalized spacial score (nSPS) is 16.4. The Hall–Kier alpha value is -3.96. The molecule has 47 heavy (non-hydrogen) atoms. The van der Waals surface area contributed by atoms with Crippen molar-refractivity contribution in [2.24, 2.45) is 0 Å². The maximum atomic E-state index is 13.4. The number of furan rings is 1. The minimum atomic E-state index is -3.59. The van der Waals surface area contributed by atoms with Gasteiger partial charge in [-0.15, -0.1) is 0 Å². The van der Waals surface area contributed by atoms with E-state index in [0.29, 0.717) is 65.3 Å². The molecule has 9 nitrogen and oxygen atoms in total. The molecule has 2 aliphatic heterocycles. The van der Waals surface area contributed by atoms with E-state index < -0.39 is 9.84 Å². The van der Waals surface area contributed by atoms with Gasteiger partial charge in [0, 0.05) is 54.6 Å². The van der Waals surface area contributed by atoms with E-state index in [-0.39, 0.29) is 23.0 Å². The Labute approximate surface area is 276 Å². The van der Waals surface area contributed by atoms with E-state index in [1.807, 2.05) is 48.5 Å². The molecule has 0 saturated carbocycles. The summed E-state index contributed by atoms with van der Waals surface area (Å²) in [7, 11) is -1.46. The Morgan fingerprint density at radius 3 is 2.57 bits per heavy atom. The molecule has 2 aliphatic rings. The Balaban J connectivity index is 1.16. The van der Waals surface area contributed by atoms with Crippen LogP contribution < -0.4 is 10.1 Å². The van der Waals surface area contributed by atoms with Crippen LogP contribution in [-0.2, 0) is 30.7 Å². The van der Waals surface area contributed by atoms with Crippen molar-refractivity contribution in [2.75, 3.05) is 51.2 Å². The quantitative estimate of drug-likeness (QED) is 0.167. The van der Waals surface area contributed by atoms with E-state index in [2.05, 4.69) is 24.2 Å². The molecule has 10 heteroatoms. The van der Waals surface area contributed by atoms with Gasteiger partial charge in [0.15, 0.2) is 9.84 Å². The second-order valence-electron chi connectivity index (χ2n) is 12.2. The summed E-state index contributed by atoms with van der Waals surface area (Å²) < 4.78 is 49.3. The van der Waals surface area contributed by atoms with Crippen molar-refractivity contribution >= 4 is 38.5 Å². The first-order chi connectivity index (χ1) is 22.8. The number of benzene rings is 3. The molecule has 0 radical (unpaired) electrons. The summed E-state index contributed by atoms with van der Waals surface area (Å²) in [5.74, 6) is 0.845. The lowest BCUT2D eigenvalue weighted by molar-refractivity contribution is -0.112. The van der Waals surface area contributed by atoms with Gasteiger partial charge in [0.1, 0.15) is 23.7 Å². The molecule has 1 fully saturated rings. The van der Waals surface area contributed by atoms with Crippen molar-refractivity contribution in [3.05, 3.63) is 83.4 Å². The van der Waals surface area contributed by atoms with Crippen LogP contribution in [0.5, 0.6) is 5.75 Å². The number of ether oxygens (including phenoxy) is 3. The number of sulfone groups is 1. The molecule has 0 atom stereocenters. The number of fused-ring (bicyclic) bond motifs is 2. The van der Waals surface area contributed by atoms with Crippen LogP contribution >= 0.6 is 0 Å². The van der Waals surface area contributed by atoms with E-state index >= 15 is 0 Å². The average molecular weight is 659 g/mol. The zero-order chi connectivity index (χ0) is 32.8. The fraction of sp³-hybridized carbons (Fsp3) is 0.378. The van der Waals surface area contributed by atoms with E-state index in [1.165, 1.54) is 0 Å². The lowest BCUT2D eigenvalue weighted by Crippen LogP contribution is -2.36. The first-order valence-electron chi connectivity index (χ1n) is 16.3. The van der Waals surface area contributed by atoms with Gasteiger partial charge in [-0.05, 0) is 105 Å². The van der Waals surface area contributed by atoms with Crippen LogP contribution in [0.15, 0.2) is 81.6 Å². The third-order valence-electron chi connectivity index (χ3n) is 8.68. The van der Waals surface area contributed by atoms with Crippen LogP contribution in [0.25, 0.3) is 28.4 Å². The first kappa shape index (κ1) is 33.0. The van der Waals surface area contributed by atoms with Gasteiger partial charge in [0.05, 0.1) is 17.3 Å². The minimum Gasteiger partial charge on any atom is -0.491 e. The zero-order valence-corrected chi connectivity index (χ0v) is 27.8. The maximum absolute atomic E-state index is 13.4. The van der Waals surface area contributed by atoms with Crippen molar-refractivity contribution in [1.82, 2.24) is 4.90 Å². The SMILES string of the molecule is CCCOCCOc1ccc2oc(-c3ccc4c(c3)C=C(C(=O)Nc3ccc(CN(C)C5CCOCC5)cc3)CCS4(=O)=O)cc2c1. The Morgan fingerprint density at radius 1 is 0.979 bits per heavy atom. The first-order valence-corrected chi connectivity index (χ1v) is 17.9. The highest BCUT2D eigenvalue weighted by Gasteiger charge is 2.26. The predicted octanol–water partition coefficient (Wildman–Crippen LogP) is 6.72. The minimum absolute atomic E-state index is 0.114. The Kier molecular flexibility index (Phi) is 10.4. The van der Waals surface area contributed by atoms with Crippen LogP contribution in [0, 0.1) is 0 Å². The zero-order valence-electron chi connectivity index (χ0n) is 27.0. The molecule has 4 aromatic rings. The van der Waals surface area contributed by atoms with Crippen molar-refractivity contribution in [1.29, 1.82) is 0 Å². The standard InChI is InChI=1S/C37H42N2O7S/c1-3-15-43-18-19-45-33-9-10-34-29(23-33)24-35(46-34)27-6-11-36-30(21-27)22-28(14-20-47(36,41)42)37(40)38-31-7-4-26(5-8-31)25-39(2)32-12-16-44-17-13-32/h4-11,21-24,32H,3,12-20,25H2,1-2H3,(H,38,40). The van der Waals surface area contributed by atoms with Gasteiger partial charge in [-0.2, -0.15) is 0 Å². The van der Waals surface area contributed by atoms with Gasteiger partial charge >= 0.3 is 0 Å². The number of hydrogen-bond acceptors (Lipinski definition) is 8. The molecular formula is C37H42N2O7S. The number of rotatable bonds is 12. The molecule has 1 amide bonds. The molecule has 0 unspecified atom stereocenters. The molecule has 0 spiro atoms. The highest BCUT2D eigenvalue weighted by Crippen LogP contribution is 2.34. The monoisotopic (exact) mass is 658 g/mol. The summed E-state index contributed by atoms with van der Waals surface area (Å²) >= 11 is 0. The van der Waals surface area contributed by atoms with Crippen LogP contribution in [0.4, 0.5) is 5.69 Å². The second-order valence-corrected chi connectivity index (χ2v) is 14.2. The number of carbonyl (C=O) groups is 1. The van der Waals surface area contributed by atoms with E-state index in [9.17, 15) is 13.2 Å². The summed E-state index contributed by atoms with van der Waals surface area (Å²) in [6, 6.07) is 21.0. The fourth-order valence-electron chi connectivity index (χ4n) is 6.06. The number of nitrogens with zero attached hydrogens (tertiary/aromatic N) is 1. The lowest BCUT2D eigenvalue weighted by atomic mass is 10.0. The lowest BCUT2D eigenvalue weighted by Gasteiger charge is -2.31. The van der Waals surface area contributed by atoms with Gasteiger partial charge in [0.25, 0.3) is 5.91 Å². The number of nitrogens with one attached hydrogen (secondary N) is 1. The molecule has 1 N–H and O–H groups in total. The highest BCUT2D eigenvalue weighted by atomic mass is 32.2. The number of carbonyl (C=O) groups excluding carboxylic acids is 1. The third-order valence-corrected chi connectivity index (χ3v) is 10.5. The van der Waals surface area contributed by atoms with Crippen molar-refractivity contribution in [3.8, 4) is 17.1 Å². The summed E-state index contributed by atoms with van der Waals surface area (Å²) in [6.45, 7) is 6.17. The summed E-state index contributed by atoms with van der Waals surface area (Å²) in [4.78, 5) is 16.0. The molecule has 3 aromatic carbocycles. The van der Waals surface area contributed by atoms with Crippen LogP contribution in [-0.4, -0.2) is 71.1 Å². The molecule has 3 heterocycles. The van der Waals surface area contributed by atoms with Gasteiger partial charge in [-0.3, -0.25) is 9.69 Å². The van der Waals surface area contributed by atoms with Crippen LogP contribution in [0.3, 0.4) is 0 Å². The van der Waals surface area contributed by atoms with Gasteiger partial charge < -0.3 is 23.9 Å². The predicted molar refractivity (Wildman–Crippen MR) is 183 cm³/mol. The van der Waals surface area contributed by atoms with Crippen LogP contribution in [0.2, 0.25) is 0 Å². The average Bonchev–Trinajstić information content (AvgIpc) is 3.45. The van der Waals surface area contributed by atoms with Crippen LogP contribution in [0.1, 0.15) is 43.7 Å². The summed E-state index contributed by atoms with van der Waals surface area (Å²) in [5.41, 5.74) is 4.09. The third kappa shape index (κ3) is 8.13. The molecule has 0 aliphatic carbocycles. The van der Waals surface area contributed by atoms with Crippen molar-refractivity contribution < 1.29 is 31.8 Å². The molecule has 248 valence electrons. The van der Waals surface area contributed by atoms with Crippen molar-refractivity contribution in [2.45, 2.75) is 50.1 Å². The number of anilines is 1. The second kappa shape index (κ2) is 14.9. The molecule has 0 bridgehead atoms. The van der Waals surface area contributed by atoms with E-state index in [0.717, 1.165) is 50.0 Å². The molecule has 1 saturated heterocycles. The molecule has 1 aromatic heterocycles. The summed E-state index contributed by atoms with van der Waals surface area (Å²) in [6.07, 6.45) is 4.83. The molecule has 6 rings (SSSR count). The van der Waals surface area contributed by atoms with E-state index in [1.54, 1.807) is 24.3 Å². The highest BCUT2D eigenvalue weighted by molar-refractivity contribution is 7.91. The fourth-order valence-corrected chi connectivity index (χ4v) is 7.52. The summed E-state index contributed by atoms with van der Waals surface area (Å²) in [5, 5.41) is 3.83. The van der Waals surface area contributed by atoms with E-state index in [4.69, 9.17) is 18.6 Å². The topological polar surface area (TPSA) is 107 Å². The van der Waals surface area contributed by atoms with Gasteiger partial charge in [0.2, 0.25) is 0 Å². The number of amides is 1. The molecular weight excluding hydrogens is 616 g/mol. The smallest absolute Gasteiger partial charge is 0.251 e.